The monoisotopic (exact) mass is 531 g/mol. The number of pyridine rings is 1. The van der Waals surface area contributed by atoms with Crippen molar-refractivity contribution in [1.29, 1.82) is 0 Å². The first-order chi connectivity index (χ1) is 19.9. The number of fused-ring (bicyclic) bond motifs is 1. The Morgan fingerprint density at radius 3 is 2.27 bits per heavy atom. The van der Waals surface area contributed by atoms with E-state index >= 15 is 0 Å². The quantitative estimate of drug-likeness (QED) is 0.484. The Morgan fingerprint density at radius 1 is 0.902 bits per heavy atom. The van der Waals surface area contributed by atoms with E-state index in [1.54, 1.807) is 24.1 Å². The molecule has 1 aliphatic rings. The number of aryl methyl sites for hydroxylation is 1. The van der Waals surface area contributed by atoms with Gasteiger partial charge in [-0.2, -0.15) is 9.61 Å². The highest BCUT2D eigenvalue weighted by Crippen LogP contribution is 2.27. The molecule has 0 radical (unpaired) electrons. The lowest BCUT2D eigenvalue weighted by Gasteiger charge is -2.09. The molecule has 0 atom stereocenters. The van der Waals surface area contributed by atoms with Gasteiger partial charge in [0.1, 0.15) is 5.76 Å². The van der Waals surface area contributed by atoms with Gasteiger partial charge in [0.25, 0.3) is 5.56 Å². The fraction of sp³-hybridized carbons (Fsp3) is 0.118. The van der Waals surface area contributed by atoms with E-state index in [2.05, 4.69) is 75.3 Å². The first-order valence-corrected chi connectivity index (χ1v) is 12.2. The molecule has 41 heavy (non-hydrogen) atoms. The van der Waals surface area contributed by atoms with Gasteiger partial charge in [0, 0.05) is 52.6 Å². The Kier molecular flexibility index (Phi) is 8.71. The summed E-state index contributed by atoms with van der Waals surface area (Å²) in [4.78, 5) is 23.8. The van der Waals surface area contributed by atoms with Crippen molar-refractivity contribution in [2.75, 3.05) is 0 Å². The number of aromatic nitrogens is 4. The van der Waals surface area contributed by atoms with E-state index < -0.39 is 0 Å². The van der Waals surface area contributed by atoms with Crippen LogP contribution >= 0.6 is 0 Å². The zero-order chi connectivity index (χ0) is 29.2. The number of hydrogen-bond acceptors (Lipinski definition) is 6. The fourth-order valence-electron chi connectivity index (χ4n) is 3.65. The normalized spacial score (nSPS) is 13.1. The number of nitrogens with zero attached hydrogens (tertiary/aromatic N) is 5. The van der Waals surface area contributed by atoms with Gasteiger partial charge in [0.05, 0.1) is 22.8 Å². The summed E-state index contributed by atoms with van der Waals surface area (Å²) in [6, 6.07) is 8.45. The third-order valence-electron chi connectivity index (χ3n) is 5.75. The third-order valence-corrected chi connectivity index (χ3v) is 5.75. The minimum atomic E-state index is -0.230. The van der Waals surface area contributed by atoms with Gasteiger partial charge >= 0.3 is 0 Å². The van der Waals surface area contributed by atoms with Crippen LogP contribution in [0.1, 0.15) is 25.1 Å². The van der Waals surface area contributed by atoms with E-state index in [9.17, 15) is 4.79 Å². The van der Waals surface area contributed by atoms with Crippen LogP contribution in [0.25, 0.3) is 23.1 Å². The van der Waals surface area contributed by atoms with Gasteiger partial charge in [-0.05, 0) is 81.6 Å². The zero-order valence-corrected chi connectivity index (χ0v) is 22.7. The van der Waals surface area contributed by atoms with Gasteiger partial charge in [-0.1, -0.05) is 18.2 Å². The molecule has 0 N–H and O–H groups in total. The van der Waals surface area contributed by atoms with Crippen LogP contribution in [0.4, 0.5) is 0 Å². The lowest BCUT2D eigenvalue weighted by molar-refractivity contribution is 0.281. The molecule has 1 aliphatic heterocycles. The maximum atomic E-state index is 13.0. The van der Waals surface area contributed by atoms with Crippen molar-refractivity contribution in [3.8, 4) is 83.1 Å². The maximum Gasteiger partial charge on any atom is 0.278 e. The largest absolute Gasteiger partial charge is 0.443 e. The highest BCUT2D eigenvalue weighted by atomic mass is 16.5. The Morgan fingerprint density at radius 2 is 1.59 bits per heavy atom. The molecule has 4 rings (SSSR count). The Hall–Kier alpha value is -6.38. The molecule has 3 aromatic rings. The van der Waals surface area contributed by atoms with Crippen LogP contribution in [-0.4, -0.2) is 24.5 Å². The highest BCUT2D eigenvalue weighted by molar-refractivity contribution is 5.63. The van der Waals surface area contributed by atoms with Gasteiger partial charge in [0.2, 0.25) is 5.88 Å². The van der Waals surface area contributed by atoms with Crippen molar-refractivity contribution in [2.45, 2.75) is 27.7 Å². The number of rotatable bonds is 3. The molecule has 0 amide bonds. The minimum Gasteiger partial charge on any atom is -0.443 e. The number of terminal acetylenes is 1. The van der Waals surface area contributed by atoms with Crippen LogP contribution in [0.3, 0.4) is 0 Å². The molecule has 3 aromatic heterocycles. The van der Waals surface area contributed by atoms with Crippen molar-refractivity contribution in [3.05, 3.63) is 86.8 Å². The second kappa shape index (κ2) is 12.9. The van der Waals surface area contributed by atoms with Gasteiger partial charge < -0.3 is 4.74 Å². The average Bonchev–Trinajstić information content (AvgIpc) is 3.44. The average molecular weight is 532 g/mol. The minimum absolute atomic E-state index is 0.230. The highest BCUT2D eigenvalue weighted by Gasteiger charge is 2.21. The SMILES string of the molecule is C#CC#CC#CC#CC#CC#CN1C(C)=C(C)O\C1=C/C=C/C=c1/c(C)nn2c(=O)c(C)c(-c3ccccn3)nc12. The zero-order valence-electron chi connectivity index (χ0n) is 22.7. The molecule has 7 nitrogen and oxygen atoms in total. The summed E-state index contributed by atoms with van der Waals surface area (Å²) in [5, 5.41) is 5.14. The summed E-state index contributed by atoms with van der Waals surface area (Å²) in [5.74, 6) is 26.4. The second-order valence-electron chi connectivity index (χ2n) is 8.36. The predicted octanol–water partition coefficient (Wildman–Crippen LogP) is 2.86. The molecule has 0 saturated carbocycles. The summed E-state index contributed by atoms with van der Waals surface area (Å²) >= 11 is 0. The molecule has 0 unspecified atom stereocenters. The molecular weight excluding hydrogens is 510 g/mol. The van der Waals surface area contributed by atoms with Crippen molar-refractivity contribution < 1.29 is 4.74 Å². The van der Waals surface area contributed by atoms with Crippen LogP contribution in [0.5, 0.6) is 0 Å². The number of ether oxygens (including phenoxy) is 1. The third kappa shape index (κ3) is 6.37. The number of allylic oxidation sites excluding steroid dienone is 5. The van der Waals surface area contributed by atoms with Crippen LogP contribution in [0.2, 0.25) is 0 Å². The maximum absolute atomic E-state index is 13.0. The van der Waals surface area contributed by atoms with Crippen molar-refractivity contribution >= 4 is 11.7 Å². The molecule has 7 heteroatoms. The van der Waals surface area contributed by atoms with Crippen molar-refractivity contribution in [1.82, 2.24) is 24.5 Å². The first kappa shape index (κ1) is 27.6. The van der Waals surface area contributed by atoms with Crippen LogP contribution in [0.15, 0.2) is 64.8 Å². The van der Waals surface area contributed by atoms with E-state index in [1.807, 2.05) is 57.2 Å². The second-order valence-corrected chi connectivity index (χ2v) is 8.36. The topological polar surface area (TPSA) is 72.6 Å². The van der Waals surface area contributed by atoms with Crippen molar-refractivity contribution in [3.63, 3.8) is 0 Å². The van der Waals surface area contributed by atoms with E-state index in [0.717, 1.165) is 16.7 Å². The molecule has 0 bridgehead atoms. The summed E-state index contributed by atoms with van der Waals surface area (Å²) in [7, 11) is 0. The Balaban J connectivity index is 1.60. The molecule has 0 fully saturated rings. The van der Waals surface area contributed by atoms with Crippen molar-refractivity contribution in [2.24, 2.45) is 0 Å². The standard InChI is InChI=1S/C34H21N5O2/c1-6-7-8-9-10-11-12-13-14-19-24-38-27(4)28(5)41-31(38)22-16-15-20-29-26(3)37-39-33(29)36-32(25(2)34(39)40)30-21-17-18-23-35-30/h1,15-18,20-23H,2-5H3/b16-15+,29-20-,31-22-. The Labute approximate surface area is 238 Å². The summed E-state index contributed by atoms with van der Waals surface area (Å²) < 4.78 is 7.18. The predicted molar refractivity (Wildman–Crippen MR) is 158 cm³/mol. The smallest absolute Gasteiger partial charge is 0.278 e. The van der Waals surface area contributed by atoms with Gasteiger partial charge in [-0.3, -0.25) is 9.78 Å². The van der Waals surface area contributed by atoms with Gasteiger partial charge in [0.15, 0.2) is 5.65 Å². The fourth-order valence-corrected chi connectivity index (χ4v) is 3.65. The van der Waals surface area contributed by atoms with E-state index in [1.165, 1.54) is 4.52 Å². The van der Waals surface area contributed by atoms with E-state index in [0.29, 0.717) is 34.2 Å². The van der Waals surface area contributed by atoms with Gasteiger partial charge in [-0.25, -0.2) is 9.88 Å². The molecule has 0 saturated heterocycles. The first-order valence-electron chi connectivity index (χ1n) is 12.2. The molecule has 4 heterocycles. The summed E-state index contributed by atoms with van der Waals surface area (Å²) in [6.07, 6.45) is 13.9. The molecule has 0 spiro atoms. The lowest BCUT2D eigenvalue weighted by atomic mass is 10.2. The van der Waals surface area contributed by atoms with Crippen LogP contribution < -0.4 is 10.8 Å². The van der Waals surface area contributed by atoms with E-state index in [-0.39, 0.29) is 5.56 Å². The molecule has 0 aromatic carbocycles. The Bertz CT molecular complexity index is 2120. The molecule has 194 valence electrons. The molecule has 0 aliphatic carbocycles. The molecular formula is C34H21N5O2. The summed E-state index contributed by atoms with van der Waals surface area (Å²) in [5.41, 5.74) is 3.40. The lowest BCUT2D eigenvalue weighted by Crippen LogP contribution is -2.20. The number of hydrogen-bond donors (Lipinski definition) is 0. The van der Waals surface area contributed by atoms with Gasteiger partial charge in [-0.15, -0.1) is 6.42 Å². The van der Waals surface area contributed by atoms with E-state index in [4.69, 9.17) is 16.1 Å². The van der Waals surface area contributed by atoms with Crippen LogP contribution in [0, 0.1) is 85.5 Å². The summed E-state index contributed by atoms with van der Waals surface area (Å²) in [6.45, 7) is 7.32. The van der Waals surface area contributed by atoms with Crippen LogP contribution in [-0.2, 0) is 4.74 Å².